The Labute approximate surface area is 153 Å². The van der Waals surface area contributed by atoms with Crippen molar-refractivity contribution < 1.29 is 4.74 Å². The molecule has 0 spiro atoms. The average Bonchev–Trinajstić information content (AvgIpc) is 2.75. The van der Waals surface area contributed by atoms with Gasteiger partial charge in [-0.25, -0.2) is 4.98 Å². The van der Waals surface area contributed by atoms with E-state index in [1.165, 1.54) is 0 Å². The van der Waals surface area contributed by atoms with Crippen molar-refractivity contribution in [3.05, 3.63) is 42.1 Å². The van der Waals surface area contributed by atoms with Crippen LogP contribution in [-0.4, -0.2) is 62.5 Å². The first-order valence-corrected chi connectivity index (χ1v) is 8.99. The van der Waals surface area contributed by atoms with Gasteiger partial charge in [0.2, 0.25) is 5.95 Å². The summed E-state index contributed by atoms with van der Waals surface area (Å²) in [5.41, 5.74) is 1.85. The summed E-state index contributed by atoms with van der Waals surface area (Å²) in [7, 11) is 0. The quantitative estimate of drug-likeness (QED) is 0.831. The minimum Gasteiger partial charge on any atom is -0.378 e. The lowest BCUT2D eigenvalue weighted by molar-refractivity contribution is 0.122. The number of nitriles is 1. The predicted molar refractivity (Wildman–Crippen MR) is 101 cm³/mol. The molecule has 3 heterocycles. The molecule has 2 fully saturated rings. The lowest BCUT2D eigenvalue weighted by Crippen LogP contribution is -2.47. The third kappa shape index (κ3) is 3.55. The topological polar surface area (TPSA) is 68.5 Å². The molecule has 2 aliphatic heterocycles. The molecule has 0 amide bonds. The molecule has 4 rings (SSSR count). The number of aromatic nitrogens is 2. The maximum atomic E-state index is 8.92. The highest BCUT2D eigenvalue weighted by atomic mass is 16.5. The van der Waals surface area contributed by atoms with Crippen LogP contribution >= 0.6 is 0 Å². The van der Waals surface area contributed by atoms with E-state index < -0.39 is 0 Å². The second-order valence-electron chi connectivity index (χ2n) is 6.45. The molecule has 1 aromatic carbocycles. The number of rotatable bonds is 3. The predicted octanol–water partition coefficient (Wildman–Crippen LogP) is 1.51. The van der Waals surface area contributed by atoms with Gasteiger partial charge in [0.25, 0.3) is 0 Å². The zero-order chi connectivity index (χ0) is 17.8. The lowest BCUT2D eigenvalue weighted by atomic mass is 10.2. The molecule has 0 saturated carbocycles. The van der Waals surface area contributed by atoms with Crippen molar-refractivity contribution in [3.8, 4) is 6.07 Å². The van der Waals surface area contributed by atoms with Crippen molar-refractivity contribution >= 4 is 17.5 Å². The Morgan fingerprint density at radius 2 is 1.54 bits per heavy atom. The third-order valence-electron chi connectivity index (χ3n) is 4.89. The minimum atomic E-state index is 0.695. The molecule has 0 N–H and O–H groups in total. The van der Waals surface area contributed by atoms with Crippen molar-refractivity contribution in [2.24, 2.45) is 0 Å². The van der Waals surface area contributed by atoms with E-state index in [0.29, 0.717) is 5.56 Å². The Morgan fingerprint density at radius 1 is 0.846 bits per heavy atom. The number of anilines is 3. The zero-order valence-electron chi connectivity index (χ0n) is 14.7. The first-order chi connectivity index (χ1) is 12.8. The van der Waals surface area contributed by atoms with E-state index in [9.17, 15) is 0 Å². The van der Waals surface area contributed by atoms with Gasteiger partial charge < -0.3 is 19.4 Å². The van der Waals surface area contributed by atoms with Gasteiger partial charge in [-0.15, -0.1) is 0 Å². The van der Waals surface area contributed by atoms with Crippen LogP contribution in [0.25, 0.3) is 0 Å². The standard InChI is InChI=1S/C19H22N6O/c20-15-16-1-3-17(4-2-16)23-7-9-25(10-8-23)19-21-6-5-18(22-19)24-11-13-26-14-12-24/h1-6H,7-14H2. The normalized spacial score (nSPS) is 17.9. The van der Waals surface area contributed by atoms with Gasteiger partial charge in [-0.3, -0.25) is 0 Å². The molecule has 2 saturated heterocycles. The fourth-order valence-corrected chi connectivity index (χ4v) is 3.37. The zero-order valence-corrected chi connectivity index (χ0v) is 14.7. The molecule has 7 heteroatoms. The molecule has 1 aromatic heterocycles. The Hall–Kier alpha value is -2.85. The summed E-state index contributed by atoms with van der Waals surface area (Å²) in [4.78, 5) is 16.1. The fourth-order valence-electron chi connectivity index (χ4n) is 3.37. The Kier molecular flexibility index (Phi) is 4.84. The highest BCUT2D eigenvalue weighted by Crippen LogP contribution is 2.21. The van der Waals surface area contributed by atoms with Crippen LogP contribution < -0.4 is 14.7 Å². The van der Waals surface area contributed by atoms with Gasteiger partial charge in [0.05, 0.1) is 24.8 Å². The number of ether oxygens (including phenoxy) is 1. The van der Waals surface area contributed by atoms with Crippen molar-refractivity contribution in [1.82, 2.24) is 9.97 Å². The second kappa shape index (κ2) is 7.58. The summed E-state index contributed by atoms with van der Waals surface area (Å²) < 4.78 is 5.42. The van der Waals surface area contributed by atoms with Crippen LogP contribution in [0.1, 0.15) is 5.56 Å². The van der Waals surface area contributed by atoms with E-state index in [2.05, 4.69) is 25.8 Å². The number of piperazine rings is 1. The van der Waals surface area contributed by atoms with E-state index in [1.807, 2.05) is 36.5 Å². The third-order valence-corrected chi connectivity index (χ3v) is 4.89. The highest BCUT2D eigenvalue weighted by molar-refractivity contribution is 5.52. The van der Waals surface area contributed by atoms with Crippen molar-refractivity contribution in [2.75, 3.05) is 67.2 Å². The van der Waals surface area contributed by atoms with E-state index >= 15 is 0 Å². The van der Waals surface area contributed by atoms with Crippen LogP contribution in [0.5, 0.6) is 0 Å². The largest absolute Gasteiger partial charge is 0.378 e. The first kappa shape index (κ1) is 16.6. The van der Waals surface area contributed by atoms with Crippen LogP contribution in [0, 0.1) is 11.3 Å². The summed E-state index contributed by atoms with van der Waals surface area (Å²) >= 11 is 0. The summed E-state index contributed by atoms with van der Waals surface area (Å²) in [5.74, 6) is 1.78. The van der Waals surface area contributed by atoms with Crippen LogP contribution in [0.3, 0.4) is 0 Å². The molecular weight excluding hydrogens is 328 g/mol. The molecule has 0 radical (unpaired) electrons. The smallest absolute Gasteiger partial charge is 0.227 e. The van der Waals surface area contributed by atoms with E-state index in [1.54, 1.807) is 0 Å². The molecule has 2 aromatic rings. The van der Waals surface area contributed by atoms with Crippen molar-refractivity contribution in [2.45, 2.75) is 0 Å². The highest BCUT2D eigenvalue weighted by Gasteiger charge is 2.20. The molecule has 134 valence electrons. The maximum Gasteiger partial charge on any atom is 0.227 e. The van der Waals surface area contributed by atoms with Gasteiger partial charge >= 0.3 is 0 Å². The number of hydrogen-bond acceptors (Lipinski definition) is 7. The van der Waals surface area contributed by atoms with Gasteiger partial charge in [-0.05, 0) is 30.3 Å². The van der Waals surface area contributed by atoms with Gasteiger partial charge in [0, 0.05) is 51.2 Å². The summed E-state index contributed by atoms with van der Waals surface area (Å²) in [5, 5.41) is 8.92. The van der Waals surface area contributed by atoms with E-state index in [4.69, 9.17) is 15.0 Å². The minimum absolute atomic E-state index is 0.695. The molecule has 0 aliphatic carbocycles. The second-order valence-corrected chi connectivity index (χ2v) is 6.45. The molecule has 0 bridgehead atoms. The van der Waals surface area contributed by atoms with Crippen LogP contribution in [0.2, 0.25) is 0 Å². The molecular formula is C19H22N6O. The van der Waals surface area contributed by atoms with Crippen molar-refractivity contribution in [1.29, 1.82) is 5.26 Å². The number of benzene rings is 1. The summed E-state index contributed by atoms with van der Waals surface area (Å²) in [6, 6.07) is 11.9. The van der Waals surface area contributed by atoms with E-state index in [-0.39, 0.29) is 0 Å². The number of nitrogens with zero attached hydrogens (tertiary/aromatic N) is 6. The average molecular weight is 350 g/mol. The monoisotopic (exact) mass is 350 g/mol. The first-order valence-electron chi connectivity index (χ1n) is 8.99. The molecule has 7 nitrogen and oxygen atoms in total. The molecule has 0 atom stereocenters. The SMILES string of the molecule is N#Cc1ccc(N2CCN(c3nccc(N4CCOCC4)n3)CC2)cc1. The van der Waals surface area contributed by atoms with Crippen molar-refractivity contribution in [3.63, 3.8) is 0 Å². The van der Waals surface area contributed by atoms with Gasteiger partial charge in [0.1, 0.15) is 5.82 Å². The van der Waals surface area contributed by atoms with E-state index in [0.717, 1.165) is 69.9 Å². The van der Waals surface area contributed by atoms with Crippen LogP contribution in [0.15, 0.2) is 36.5 Å². The van der Waals surface area contributed by atoms with Gasteiger partial charge in [-0.2, -0.15) is 10.2 Å². The Bertz CT molecular complexity index is 773. The summed E-state index contributed by atoms with van der Waals surface area (Å²) in [6.07, 6.45) is 1.85. The maximum absolute atomic E-state index is 8.92. The summed E-state index contributed by atoms with van der Waals surface area (Å²) in [6.45, 7) is 6.85. The fraction of sp³-hybridized carbons (Fsp3) is 0.421. The number of hydrogen-bond donors (Lipinski definition) is 0. The number of morpholine rings is 1. The molecule has 0 unspecified atom stereocenters. The van der Waals surface area contributed by atoms with Crippen LogP contribution in [-0.2, 0) is 4.74 Å². The molecule has 2 aliphatic rings. The van der Waals surface area contributed by atoms with Gasteiger partial charge in [0.15, 0.2) is 0 Å². The lowest BCUT2D eigenvalue weighted by Gasteiger charge is -2.36. The molecule has 26 heavy (non-hydrogen) atoms. The van der Waals surface area contributed by atoms with Crippen LogP contribution in [0.4, 0.5) is 17.5 Å². The Morgan fingerprint density at radius 3 is 2.23 bits per heavy atom. The van der Waals surface area contributed by atoms with Gasteiger partial charge in [-0.1, -0.05) is 0 Å². The Balaban J connectivity index is 1.40.